The Morgan fingerprint density at radius 3 is 2.70 bits per heavy atom. The Labute approximate surface area is 134 Å². The van der Waals surface area contributed by atoms with E-state index in [1.807, 2.05) is 24.3 Å². The van der Waals surface area contributed by atoms with Crippen LogP contribution in [-0.4, -0.2) is 35.8 Å². The van der Waals surface area contributed by atoms with Gasteiger partial charge in [0.2, 0.25) is 5.91 Å². The molecule has 0 radical (unpaired) electrons. The van der Waals surface area contributed by atoms with Crippen LogP contribution in [0.3, 0.4) is 0 Å². The molecule has 1 aromatic carbocycles. The van der Waals surface area contributed by atoms with Crippen LogP contribution in [0.1, 0.15) is 43.7 Å². The van der Waals surface area contributed by atoms with E-state index in [0.29, 0.717) is 19.6 Å². The van der Waals surface area contributed by atoms with E-state index in [-0.39, 0.29) is 30.4 Å². The number of carbonyl (C=O) groups excluding carboxylic acids is 1. The maximum atomic E-state index is 12.1. The van der Waals surface area contributed by atoms with Crippen LogP contribution in [0.5, 0.6) is 5.75 Å². The van der Waals surface area contributed by atoms with Gasteiger partial charge in [-0.1, -0.05) is 18.2 Å². The Morgan fingerprint density at radius 1 is 1.22 bits per heavy atom. The molecule has 6 heteroatoms. The number of aliphatic carboxylic acids is 1. The summed E-state index contributed by atoms with van der Waals surface area (Å²) < 4.78 is 11.7. The maximum absolute atomic E-state index is 12.1. The van der Waals surface area contributed by atoms with Gasteiger partial charge in [-0.25, -0.2) is 0 Å². The van der Waals surface area contributed by atoms with Crippen LogP contribution in [0.25, 0.3) is 0 Å². The third kappa shape index (κ3) is 3.64. The monoisotopic (exact) mass is 319 g/mol. The molecule has 0 saturated carbocycles. The Kier molecular flexibility index (Phi) is 4.52. The predicted octanol–water partition coefficient (Wildman–Crippen LogP) is 2.04. The molecule has 1 atom stereocenters. The first kappa shape index (κ1) is 15.8. The minimum Gasteiger partial charge on any atom is -0.487 e. The van der Waals surface area contributed by atoms with Gasteiger partial charge in [-0.05, 0) is 6.07 Å². The third-order valence-corrected chi connectivity index (χ3v) is 4.50. The quantitative estimate of drug-likeness (QED) is 0.887. The predicted molar refractivity (Wildman–Crippen MR) is 82.2 cm³/mol. The van der Waals surface area contributed by atoms with Gasteiger partial charge in [0.05, 0.1) is 25.7 Å². The molecule has 124 valence electrons. The van der Waals surface area contributed by atoms with Crippen LogP contribution in [0.15, 0.2) is 24.3 Å². The number of benzene rings is 1. The van der Waals surface area contributed by atoms with Crippen LogP contribution in [0, 0.1) is 0 Å². The molecule has 1 aromatic rings. The second-order valence-electron chi connectivity index (χ2n) is 6.15. The molecule has 1 unspecified atom stereocenters. The van der Waals surface area contributed by atoms with Crippen molar-refractivity contribution >= 4 is 11.9 Å². The van der Waals surface area contributed by atoms with E-state index in [0.717, 1.165) is 24.2 Å². The molecule has 0 bridgehead atoms. The Morgan fingerprint density at radius 2 is 1.96 bits per heavy atom. The highest BCUT2D eigenvalue weighted by Crippen LogP contribution is 2.43. The lowest BCUT2D eigenvalue weighted by Crippen LogP contribution is -2.48. The van der Waals surface area contributed by atoms with Crippen molar-refractivity contribution in [2.24, 2.45) is 0 Å². The highest BCUT2D eigenvalue weighted by atomic mass is 16.5. The molecular weight excluding hydrogens is 298 g/mol. The number of rotatable bonds is 4. The number of fused-ring (bicyclic) bond motifs is 1. The van der Waals surface area contributed by atoms with Crippen LogP contribution in [0.4, 0.5) is 0 Å². The minimum atomic E-state index is -0.964. The summed E-state index contributed by atoms with van der Waals surface area (Å²) in [5.41, 5.74) is 0.644. The molecule has 1 amide bonds. The van der Waals surface area contributed by atoms with Gasteiger partial charge in [-0.3, -0.25) is 9.59 Å². The molecule has 0 aliphatic carbocycles. The first-order valence-corrected chi connectivity index (χ1v) is 7.95. The summed E-state index contributed by atoms with van der Waals surface area (Å²) in [6, 6.07) is 7.55. The second-order valence-corrected chi connectivity index (χ2v) is 6.15. The van der Waals surface area contributed by atoms with Crippen molar-refractivity contribution in [1.82, 2.24) is 5.32 Å². The van der Waals surface area contributed by atoms with Gasteiger partial charge in [0, 0.05) is 31.2 Å². The van der Waals surface area contributed by atoms with Gasteiger partial charge in [-0.2, -0.15) is 0 Å². The number of hydrogen-bond acceptors (Lipinski definition) is 4. The fourth-order valence-electron chi connectivity index (χ4n) is 3.28. The van der Waals surface area contributed by atoms with Gasteiger partial charge in [0.25, 0.3) is 0 Å². The topological polar surface area (TPSA) is 84.9 Å². The van der Waals surface area contributed by atoms with Crippen LogP contribution in [-0.2, 0) is 14.3 Å². The van der Waals surface area contributed by atoms with Crippen molar-refractivity contribution in [3.63, 3.8) is 0 Å². The van der Waals surface area contributed by atoms with E-state index < -0.39 is 5.97 Å². The summed E-state index contributed by atoms with van der Waals surface area (Å²) in [6.07, 6.45) is 2.11. The second kappa shape index (κ2) is 6.58. The van der Waals surface area contributed by atoms with E-state index in [1.165, 1.54) is 0 Å². The average Bonchev–Trinajstić information content (AvgIpc) is 2.53. The molecule has 3 rings (SSSR count). The van der Waals surface area contributed by atoms with Gasteiger partial charge in [0.1, 0.15) is 11.4 Å². The summed E-state index contributed by atoms with van der Waals surface area (Å²) in [5, 5.41) is 11.7. The molecule has 23 heavy (non-hydrogen) atoms. The first-order valence-electron chi connectivity index (χ1n) is 7.95. The van der Waals surface area contributed by atoms with E-state index in [9.17, 15) is 9.59 Å². The van der Waals surface area contributed by atoms with Gasteiger partial charge in [0.15, 0.2) is 0 Å². The van der Waals surface area contributed by atoms with Crippen LogP contribution in [0.2, 0.25) is 0 Å². The summed E-state index contributed by atoms with van der Waals surface area (Å²) >= 11 is 0. The molecule has 2 aliphatic rings. The average molecular weight is 319 g/mol. The lowest BCUT2D eigenvalue weighted by atomic mass is 9.82. The van der Waals surface area contributed by atoms with Crippen LogP contribution >= 0.6 is 0 Å². The molecule has 6 nitrogen and oxygen atoms in total. The zero-order valence-corrected chi connectivity index (χ0v) is 12.9. The van der Waals surface area contributed by atoms with Crippen LogP contribution < -0.4 is 10.1 Å². The summed E-state index contributed by atoms with van der Waals surface area (Å²) in [6.45, 7) is 1.31. The number of nitrogens with one attached hydrogen (secondary N) is 1. The highest BCUT2D eigenvalue weighted by Gasteiger charge is 2.42. The van der Waals surface area contributed by atoms with E-state index >= 15 is 0 Å². The molecule has 2 aliphatic heterocycles. The van der Waals surface area contributed by atoms with Crippen molar-refractivity contribution in [2.75, 3.05) is 13.2 Å². The molecular formula is C17H21NO5. The summed E-state index contributed by atoms with van der Waals surface area (Å²) in [5.74, 6) is -0.408. The smallest absolute Gasteiger partial charge is 0.303 e. The lowest BCUT2D eigenvalue weighted by Gasteiger charge is -2.44. The first-order chi connectivity index (χ1) is 11.1. The molecule has 1 fully saturated rings. The van der Waals surface area contributed by atoms with Crippen molar-refractivity contribution in [3.05, 3.63) is 29.8 Å². The fraction of sp³-hybridized carbons (Fsp3) is 0.529. The Balaban J connectivity index is 1.77. The molecule has 2 heterocycles. The lowest BCUT2D eigenvalue weighted by molar-refractivity contribution is -0.139. The van der Waals surface area contributed by atoms with Crippen molar-refractivity contribution in [3.8, 4) is 5.75 Å². The fourth-order valence-corrected chi connectivity index (χ4v) is 3.28. The largest absolute Gasteiger partial charge is 0.487 e. The number of carboxylic acids is 1. The number of carboxylic acid groups (broad SMARTS) is 1. The standard InChI is InChI=1S/C17H21NO5/c19-15(5-6-16(20)21)18-13-11-17(7-9-22-10-8-17)23-14-4-2-1-3-12(13)14/h1-4,13H,5-11H2,(H,18,19)(H,20,21). The van der Waals surface area contributed by atoms with Crippen molar-refractivity contribution in [2.45, 2.75) is 43.7 Å². The van der Waals surface area contributed by atoms with Gasteiger partial charge in [-0.15, -0.1) is 0 Å². The summed E-state index contributed by atoms with van der Waals surface area (Å²) in [4.78, 5) is 22.7. The highest BCUT2D eigenvalue weighted by molar-refractivity contribution is 5.81. The SMILES string of the molecule is O=C(O)CCC(=O)NC1CC2(CCOCC2)Oc2ccccc21. The van der Waals surface area contributed by atoms with E-state index in [4.69, 9.17) is 14.6 Å². The van der Waals surface area contributed by atoms with E-state index in [2.05, 4.69) is 5.32 Å². The summed E-state index contributed by atoms with van der Waals surface area (Å²) in [7, 11) is 0. The van der Waals surface area contributed by atoms with Crippen molar-refractivity contribution in [1.29, 1.82) is 0 Å². The molecule has 1 spiro atoms. The minimum absolute atomic E-state index is 0.00896. The third-order valence-electron chi connectivity index (χ3n) is 4.50. The van der Waals surface area contributed by atoms with Gasteiger partial charge < -0.3 is 19.9 Å². The zero-order chi connectivity index (χ0) is 16.3. The number of ether oxygens (including phenoxy) is 2. The number of hydrogen-bond donors (Lipinski definition) is 2. The maximum Gasteiger partial charge on any atom is 0.303 e. The number of para-hydroxylation sites is 1. The zero-order valence-electron chi connectivity index (χ0n) is 12.9. The van der Waals surface area contributed by atoms with Gasteiger partial charge >= 0.3 is 5.97 Å². The Bertz CT molecular complexity index is 594. The molecule has 0 aromatic heterocycles. The van der Waals surface area contributed by atoms with Crippen molar-refractivity contribution < 1.29 is 24.2 Å². The number of carbonyl (C=O) groups is 2. The normalized spacial score (nSPS) is 22.0. The number of amides is 1. The Hall–Kier alpha value is -2.08. The molecule has 2 N–H and O–H groups in total. The molecule has 1 saturated heterocycles. The van der Waals surface area contributed by atoms with E-state index in [1.54, 1.807) is 0 Å².